The fourth-order valence-electron chi connectivity index (χ4n) is 2.90. The molecule has 1 aliphatic rings. The summed E-state index contributed by atoms with van der Waals surface area (Å²) in [7, 11) is 0. The summed E-state index contributed by atoms with van der Waals surface area (Å²) in [6.45, 7) is 4.45. The van der Waals surface area contributed by atoms with Crippen LogP contribution in [0.25, 0.3) is 0 Å². The quantitative estimate of drug-likeness (QED) is 0.838. The Morgan fingerprint density at radius 1 is 1.44 bits per heavy atom. The summed E-state index contributed by atoms with van der Waals surface area (Å²) in [5.41, 5.74) is 1.04. The first kappa shape index (κ1) is 13.7. The van der Waals surface area contributed by atoms with E-state index in [9.17, 15) is 4.79 Å². The third kappa shape index (κ3) is 3.19. The zero-order valence-electron chi connectivity index (χ0n) is 11.1. The molecule has 0 amide bonds. The van der Waals surface area contributed by atoms with Gasteiger partial charge in [0.1, 0.15) is 5.78 Å². The average molecular weight is 310 g/mol. The van der Waals surface area contributed by atoms with E-state index in [4.69, 9.17) is 0 Å². The van der Waals surface area contributed by atoms with Crippen molar-refractivity contribution < 1.29 is 4.79 Å². The second kappa shape index (κ2) is 5.52. The summed E-state index contributed by atoms with van der Waals surface area (Å²) >= 11 is 3.36. The number of hydrogen-bond donors (Lipinski definition) is 0. The molecule has 18 heavy (non-hydrogen) atoms. The van der Waals surface area contributed by atoms with Crippen molar-refractivity contribution in [2.45, 2.75) is 46.0 Å². The van der Waals surface area contributed by atoms with Crippen molar-refractivity contribution in [1.29, 1.82) is 0 Å². The minimum Gasteiger partial charge on any atom is -0.299 e. The predicted molar refractivity (Wildman–Crippen MR) is 76.4 cm³/mol. The molecule has 0 saturated heterocycles. The molecule has 0 bridgehead atoms. The Kier molecular flexibility index (Phi) is 4.21. The van der Waals surface area contributed by atoms with Crippen LogP contribution < -0.4 is 0 Å². The van der Waals surface area contributed by atoms with Gasteiger partial charge in [-0.25, -0.2) is 0 Å². The van der Waals surface area contributed by atoms with Crippen LogP contribution in [0, 0.1) is 11.3 Å². The van der Waals surface area contributed by atoms with Gasteiger partial charge in [-0.05, 0) is 46.3 Å². The van der Waals surface area contributed by atoms with E-state index in [1.165, 1.54) is 12.8 Å². The Balaban J connectivity index is 2.05. The Morgan fingerprint density at radius 2 is 2.22 bits per heavy atom. The van der Waals surface area contributed by atoms with Crippen molar-refractivity contribution in [2.75, 3.05) is 0 Å². The van der Waals surface area contributed by atoms with Gasteiger partial charge in [0.15, 0.2) is 0 Å². The van der Waals surface area contributed by atoms with E-state index in [1.807, 2.05) is 12.1 Å². The van der Waals surface area contributed by atoms with Gasteiger partial charge in [0.2, 0.25) is 0 Å². The Morgan fingerprint density at radius 3 is 2.83 bits per heavy atom. The Hall–Kier alpha value is -0.700. The highest BCUT2D eigenvalue weighted by atomic mass is 79.9. The van der Waals surface area contributed by atoms with E-state index < -0.39 is 0 Å². The zero-order chi connectivity index (χ0) is 13.2. The van der Waals surface area contributed by atoms with Crippen molar-refractivity contribution in [3.8, 4) is 0 Å². The van der Waals surface area contributed by atoms with Gasteiger partial charge in [-0.1, -0.05) is 26.7 Å². The van der Waals surface area contributed by atoms with Gasteiger partial charge in [-0.15, -0.1) is 0 Å². The van der Waals surface area contributed by atoms with E-state index >= 15 is 0 Å². The number of carbonyl (C=O) groups excluding carboxylic acids is 1. The standard InChI is InChI=1S/C15H20BrNO/c1-15(2)8-4-3-5-13(15)14(18)9-12-7-6-11(16)10-17-12/h6-7,10,13H,3-5,8-9H2,1-2H3. The summed E-state index contributed by atoms with van der Waals surface area (Å²) < 4.78 is 0.955. The summed E-state index contributed by atoms with van der Waals surface area (Å²) in [6, 6.07) is 3.87. The molecular formula is C15H20BrNO. The number of aromatic nitrogens is 1. The molecule has 1 aromatic rings. The minimum atomic E-state index is 0.157. The zero-order valence-corrected chi connectivity index (χ0v) is 12.7. The van der Waals surface area contributed by atoms with E-state index in [0.717, 1.165) is 23.0 Å². The molecule has 98 valence electrons. The first-order chi connectivity index (χ1) is 8.49. The predicted octanol–water partition coefficient (Wildman–Crippen LogP) is 4.17. The van der Waals surface area contributed by atoms with Crippen LogP contribution in [0.4, 0.5) is 0 Å². The SMILES string of the molecule is CC1(C)CCCCC1C(=O)Cc1ccc(Br)cn1. The minimum absolute atomic E-state index is 0.157. The smallest absolute Gasteiger partial charge is 0.142 e. The molecule has 3 heteroatoms. The molecule has 0 radical (unpaired) electrons. The fourth-order valence-corrected chi connectivity index (χ4v) is 3.14. The average Bonchev–Trinajstić information content (AvgIpc) is 2.31. The van der Waals surface area contributed by atoms with Crippen LogP contribution in [0.3, 0.4) is 0 Å². The Labute approximate surface area is 117 Å². The fraction of sp³-hybridized carbons (Fsp3) is 0.600. The van der Waals surface area contributed by atoms with Gasteiger partial charge < -0.3 is 0 Å². The molecule has 1 heterocycles. The lowest BCUT2D eigenvalue weighted by atomic mass is 9.66. The number of rotatable bonds is 3. The molecule has 1 aliphatic carbocycles. The lowest BCUT2D eigenvalue weighted by molar-refractivity contribution is -0.127. The second-order valence-electron chi connectivity index (χ2n) is 5.90. The molecule has 1 atom stereocenters. The van der Waals surface area contributed by atoms with Gasteiger partial charge in [-0.2, -0.15) is 0 Å². The molecule has 0 aliphatic heterocycles. The van der Waals surface area contributed by atoms with Crippen molar-refractivity contribution in [1.82, 2.24) is 4.98 Å². The summed E-state index contributed by atoms with van der Waals surface area (Å²) in [5.74, 6) is 0.561. The van der Waals surface area contributed by atoms with Crippen LogP contribution in [0.15, 0.2) is 22.8 Å². The van der Waals surface area contributed by atoms with Gasteiger partial charge in [-0.3, -0.25) is 9.78 Å². The lowest BCUT2D eigenvalue weighted by Gasteiger charge is -2.37. The summed E-state index contributed by atoms with van der Waals surface area (Å²) in [5, 5.41) is 0. The maximum Gasteiger partial charge on any atom is 0.142 e. The number of nitrogens with zero attached hydrogens (tertiary/aromatic N) is 1. The first-order valence-electron chi connectivity index (χ1n) is 6.62. The number of hydrogen-bond acceptors (Lipinski definition) is 2. The lowest BCUT2D eigenvalue weighted by Crippen LogP contribution is -2.35. The van der Waals surface area contributed by atoms with Crippen LogP contribution in [-0.2, 0) is 11.2 Å². The van der Waals surface area contributed by atoms with Crippen molar-refractivity contribution in [3.05, 3.63) is 28.5 Å². The number of ketones is 1. The normalized spacial score (nSPS) is 22.7. The molecule has 2 nitrogen and oxygen atoms in total. The number of Topliss-reactive ketones (excluding diaryl/α,β-unsaturated/α-hetero) is 1. The summed E-state index contributed by atoms with van der Waals surface area (Å²) in [4.78, 5) is 16.7. The number of halogens is 1. The van der Waals surface area contributed by atoms with Crippen LogP contribution >= 0.6 is 15.9 Å². The molecule has 1 saturated carbocycles. The highest BCUT2D eigenvalue weighted by Crippen LogP contribution is 2.41. The highest BCUT2D eigenvalue weighted by molar-refractivity contribution is 9.10. The monoisotopic (exact) mass is 309 g/mol. The molecule has 0 aromatic carbocycles. The Bertz CT molecular complexity index is 425. The topological polar surface area (TPSA) is 30.0 Å². The highest BCUT2D eigenvalue weighted by Gasteiger charge is 2.36. The van der Waals surface area contributed by atoms with E-state index in [-0.39, 0.29) is 11.3 Å². The molecule has 0 N–H and O–H groups in total. The van der Waals surface area contributed by atoms with Crippen molar-refractivity contribution in [2.24, 2.45) is 11.3 Å². The molecule has 1 unspecified atom stereocenters. The molecule has 2 rings (SSSR count). The third-order valence-electron chi connectivity index (χ3n) is 4.04. The van der Waals surface area contributed by atoms with Crippen molar-refractivity contribution in [3.63, 3.8) is 0 Å². The molecular weight excluding hydrogens is 290 g/mol. The van der Waals surface area contributed by atoms with E-state index in [0.29, 0.717) is 12.2 Å². The molecule has 1 fully saturated rings. The van der Waals surface area contributed by atoms with Crippen LogP contribution in [-0.4, -0.2) is 10.8 Å². The molecule has 0 spiro atoms. The van der Waals surface area contributed by atoms with Gasteiger partial charge in [0.05, 0.1) is 0 Å². The first-order valence-corrected chi connectivity index (χ1v) is 7.41. The van der Waals surface area contributed by atoms with Gasteiger partial charge >= 0.3 is 0 Å². The van der Waals surface area contributed by atoms with Crippen LogP contribution in [0.5, 0.6) is 0 Å². The second-order valence-corrected chi connectivity index (χ2v) is 6.81. The number of pyridine rings is 1. The van der Waals surface area contributed by atoms with Gasteiger partial charge in [0.25, 0.3) is 0 Å². The maximum atomic E-state index is 12.4. The molecule has 1 aromatic heterocycles. The van der Waals surface area contributed by atoms with Crippen molar-refractivity contribution >= 4 is 21.7 Å². The van der Waals surface area contributed by atoms with E-state index in [1.54, 1.807) is 6.20 Å². The van der Waals surface area contributed by atoms with E-state index in [2.05, 4.69) is 34.8 Å². The largest absolute Gasteiger partial charge is 0.299 e. The van der Waals surface area contributed by atoms with Crippen LogP contribution in [0.2, 0.25) is 0 Å². The third-order valence-corrected chi connectivity index (χ3v) is 4.51. The van der Waals surface area contributed by atoms with Crippen LogP contribution in [0.1, 0.15) is 45.2 Å². The summed E-state index contributed by atoms with van der Waals surface area (Å²) in [6.07, 6.45) is 6.89. The van der Waals surface area contributed by atoms with Gasteiger partial charge in [0, 0.05) is 28.7 Å². The number of carbonyl (C=O) groups is 1. The maximum absolute atomic E-state index is 12.4.